The van der Waals surface area contributed by atoms with E-state index in [0.717, 1.165) is 24.8 Å². The van der Waals surface area contributed by atoms with Crippen molar-refractivity contribution in [3.63, 3.8) is 0 Å². The Morgan fingerprint density at radius 3 is 2.64 bits per heavy atom. The van der Waals surface area contributed by atoms with Crippen molar-refractivity contribution in [3.05, 3.63) is 48.0 Å². The summed E-state index contributed by atoms with van der Waals surface area (Å²) < 4.78 is 12.0. The Bertz CT molecular complexity index is 861. The lowest BCUT2D eigenvalue weighted by atomic mass is 9.68. The zero-order valence-corrected chi connectivity index (χ0v) is 20.4. The van der Waals surface area contributed by atoms with Crippen LogP contribution in [-0.4, -0.2) is 57.7 Å². The quantitative estimate of drug-likeness (QED) is 0.483. The van der Waals surface area contributed by atoms with E-state index in [0.29, 0.717) is 19.6 Å². The Morgan fingerprint density at radius 1 is 1.27 bits per heavy atom. The number of fused-ring (bicyclic) bond motifs is 1. The number of aliphatic hydroxyl groups is 2. The van der Waals surface area contributed by atoms with E-state index in [-0.39, 0.29) is 23.8 Å². The Hall–Kier alpha value is -1.73. The van der Waals surface area contributed by atoms with Gasteiger partial charge in [-0.2, -0.15) is 0 Å². The van der Waals surface area contributed by atoms with Gasteiger partial charge in [0.2, 0.25) is 5.91 Å². The lowest BCUT2D eigenvalue weighted by Crippen LogP contribution is -2.67. The standard InChI is InChI=1S/C27H39NO5/c1-25(2,3)24-28-23(30)21(15-16-32-17-19-11-7-5-8-12-19)26(4,31)27(28,18-33-24)22(29)20-13-9-6-10-14-20/h5,7-9,11-13,20-22,24,29,31H,6,10,14-18H2,1-4H3/t20-,21+,22-,24+,26+,27-/m1/s1. The lowest BCUT2D eigenvalue weighted by Gasteiger charge is -2.47. The highest BCUT2D eigenvalue weighted by Crippen LogP contribution is 2.55. The molecular formula is C27H39NO5. The predicted octanol–water partition coefficient (Wildman–Crippen LogP) is 3.66. The molecule has 0 radical (unpaired) electrons. The van der Waals surface area contributed by atoms with Gasteiger partial charge in [0, 0.05) is 17.9 Å². The molecule has 182 valence electrons. The van der Waals surface area contributed by atoms with Crippen molar-refractivity contribution in [3.8, 4) is 0 Å². The molecule has 2 heterocycles. The molecule has 1 amide bonds. The Morgan fingerprint density at radius 2 is 2.00 bits per heavy atom. The number of ether oxygens (including phenoxy) is 2. The number of rotatable bonds is 7. The van der Waals surface area contributed by atoms with Crippen LogP contribution in [0.1, 0.15) is 58.9 Å². The van der Waals surface area contributed by atoms with Crippen molar-refractivity contribution >= 4 is 5.91 Å². The van der Waals surface area contributed by atoms with Crippen molar-refractivity contribution < 1.29 is 24.5 Å². The molecule has 2 aliphatic heterocycles. The van der Waals surface area contributed by atoms with Gasteiger partial charge in [-0.3, -0.25) is 4.79 Å². The second kappa shape index (κ2) is 9.14. The molecule has 4 rings (SSSR count). The van der Waals surface area contributed by atoms with Crippen LogP contribution in [0.4, 0.5) is 0 Å². The maximum atomic E-state index is 13.8. The summed E-state index contributed by atoms with van der Waals surface area (Å²) in [5.41, 5.74) is -1.92. The molecule has 0 bridgehead atoms. The fraction of sp³-hybridized carbons (Fsp3) is 0.667. The van der Waals surface area contributed by atoms with Gasteiger partial charge in [-0.15, -0.1) is 0 Å². The van der Waals surface area contributed by atoms with Crippen molar-refractivity contribution in [2.45, 2.75) is 83.5 Å². The van der Waals surface area contributed by atoms with Crippen LogP contribution in [0.5, 0.6) is 0 Å². The minimum Gasteiger partial charge on any atom is -0.390 e. The third kappa shape index (κ3) is 4.16. The van der Waals surface area contributed by atoms with Gasteiger partial charge in [0.1, 0.15) is 17.4 Å². The molecule has 0 spiro atoms. The van der Waals surface area contributed by atoms with Gasteiger partial charge in [-0.1, -0.05) is 63.3 Å². The van der Waals surface area contributed by atoms with Crippen LogP contribution in [0, 0.1) is 17.3 Å². The lowest BCUT2D eigenvalue weighted by molar-refractivity contribution is -0.149. The number of hydrogen-bond acceptors (Lipinski definition) is 5. The summed E-state index contributed by atoms with van der Waals surface area (Å²) in [6.07, 6.45) is 5.94. The fourth-order valence-electron chi connectivity index (χ4n) is 5.96. The molecule has 2 fully saturated rings. The normalized spacial score (nSPS) is 35.2. The number of hydrogen-bond donors (Lipinski definition) is 2. The number of allylic oxidation sites excluding steroid dienone is 1. The average Bonchev–Trinajstić information content (AvgIpc) is 3.28. The minimum absolute atomic E-state index is 0.115. The molecule has 0 saturated carbocycles. The molecule has 6 atom stereocenters. The van der Waals surface area contributed by atoms with Crippen molar-refractivity contribution in [1.82, 2.24) is 4.90 Å². The maximum Gasteiger partial charge on any atom is 0.231 e. The van der Waals surface area contributed by atoms with E-state index in [1.165, 1.54) is 0 Å². The molecule has 1 aromatic rings. The number of benzene rings is 1. The van der Waals surface area contributed by atoms with Gasteiger partial charge in [-0.25, -0.2) is 0 Å². The number of carbonyl (C=O) groups is 1. The van der Waals surface area contributed by atoms with E-state index in [1.807, 2.05) is 57.2 Å². The van der Waals surface area contributed by atoms with Gasteiger partial charge in [0.15, 0.2) is 0 Å². The van der Waals surface area contributed by atoms with Crippen LogP contribution in [0.25, 0.3) is 0 Å². The summed E-state index contributed by atoms with van der Waals surface area (Å²) >= 11 is 0. The summed E-state index contributed by atoms with van der Waals surface area (Å²) in [6, 6.07) is 9.90. The van der Waals surface area contributed by atoms with Crippen LogP contribution in [-0.2, 0) is 20.9 Å². The number of amides is 1. The Labute approximate surface area is 197 Å². The monoisotopic (exact) mass is 457 g/mol. The third-order valence-electron chi connectivity index (χ3n) is 7.81. The Kier molecular flexibility index (Phi) is 6.76. The molecule has 2 N–H and O–H groups in total. The topological polar surface area (TPSA) is 79.2 Å². The summed E-state index contributed by atoms with van der Waals surface area (Å²) in [6.45, 7) is 8.72. The van der Waals surface area contributed by atoms with E-state index in [4.69, 9.17) is 9.47 Å². The molecular weight excluding hydrogens is 418 g/mol. The molecule has 1 aliphatic carbocycles. The average molecular weight is 458 g/mol. The van der Waals surface area contributed by atoms with Gasteiger partial charge in [0.25, 0.3) is 0 Å². The van der Waals surface area contributed by atoms with Crippen molar-refractivity contribution in [2.24, 2.45) is 17.3 Å². The first-order valence-corrected chi connectivity index (χ1v) is 12.2. The highest BCUT2D eigenvalue weighted by molar-refractivity contribution is 5.85. The van der Waals surface area contributed by atoms with Crippen molar-refractivity contribution in [1.29, 1.82) is 0 Å². The van der Waals surface area contributed by atoms with Gasteiger partial charge >= 0.3 is 0 Å². The first-order chi connectivity index (χ1) is 15.6. The molecule has 6 heteroatoms. The van der Waals surface area contributed by atoms with Crippen LogP contribution < -0.4 is 0 Å². The minimum atomic E-state index is -1.45. The second-order valence-electron chi connectivity index (χ2n) is 11.2. The Balaban J connectivity index is 1.59. The number of aliphatic hydroxyl groups excluding tert-OH is 1. The zero-order chi connectivity index (χ0) is 23.9. The summed E-state index contributed by atoms with van der Waals surface area (Å²) in [5.74, 6) is -0.931. The molecule has 1 aromatic carbocycles. The second-order valence-corrected chi connectivity index (χ2v) is 11.2. The molecule has 33 heavy (non-hydrogen) atoms. The van der Waals surface area contributed by atoms with Gasteiger partial charge in [0.05, 0.1) is 25.2 Å². The van der Waals surface area contributed by atoms with E-state index < -0.39 is 29.4 Å². The van der Waals surface area contributed by atoms with Crippen LogP contribution in [0.2, 0.25) is 0 Å². The van der Waals surface area contributed by atoms with E-state index >= 15 is 0 Å². The van der Waals surface area contributed by atoms with Crippen LogP contribution in [0.15, 0.2) is 42.5 Å². The largest absolute Gasteiger partial charge is 0.390 e. The predicted molar refractivity (Wildman–Crippen MR) is 126 cm³/mol. The van der Waals surface area contributed by atoms with Crippen molar-refractivity contribution in [2.75, 3.05) is 13.2 Å². The zero-order valence-electron chi connectivity index (χ0n) is 20.4. The van der Waals surface area contributed by atoms with Crippen LogP contribution >= 0.6 is 0 Å². The summed E-state index contributed by atoms with van der Waals surface area (Å²) in [4.78, 5) is 15.5. The first kappa shape index (κ1) is 24.4. The van der Waals surface area contributed by atoms with E-state index in [2.05, 4.69) is 6.08 Å². The molecule has 3 aliphatic rings. The summed E-state index contributed by atoms with van der Waals surface area (Å²) in [5, 5.41) is 23.7. The van der Waals surface area contributed by atoms with E-state index in [1.54, 1.807) is 11.8 Å². The highest BCUT2D eigenvalue weighted by Gasteiger charge is 2.74. The SMILES string of the molecule is CC(C)(C)[C@@H]1OC[C@]2([C@H](O)[C@@H]3C=CCCC3)N1C(=O)[C@H](CCOCc1ccccc1)[C@]2(C)O. The highest BCUT2D eigenvalue weighted by atomic mass is 16.5. The summed E-state index contributed by atoms with van der Waals surface area (Å²) in [7, 11) is 0. The smallest absolute Gasteiger partial charge is 0.231 e. The molecule has 6 nitrogen and oxygen atoms in total. The van der Waals surface area contributed by atoms with Crippen LogP contribution in [0.3, 0.4) is 0 Å². The maximum absolute atomic E-state index is 13.8. The first-order valence-electron chi connectivity index (χ1n) is 12.2. The third-order valence-corrected chi connectivity index (χ3v) is 7.81. The van der Waals surface area contributed by atoms with Gasteiger partial charge in [-0.05, 0) is 38.2 Å². The van der Waals surface area contributed by atoms with Gasteiger partial charge < -0.3 is 24.6 Å². The van der Waals surface area contributed by atoms with E-state index in [9.17, 15) is 15.0 Å². The number of nitrogens with zero attached hydrogens (tertiary/aromatic N) is 1. The molecule has 0 unspecified atom stereocenters. The number of carbonyl (C=O) groups excluding carboxylic acids is 1. The molecule has 0 aromatic heterocycles. The fourth-order valence-corrected chi connectivity index (χ4v) is 5.96. The molecule has 2 saturated heterocycles.